The molecule has 0 saturated carbocycles. The van der Waals surface area contributed by atoms with Crippen molar-refractivity contribution in [3.63, 3.8) is 0 Å². The van der Waals surface area contributed by atoms with E-state index in [4.69, 9.17) is 0 Å². The number of hydrogen-bond donors (Lipinski definition) is 0. The first-order chi connectivity index (χ1) is 7.11. The zero-order valence-electron chi connectivity index (χ0n) is 10.2. The number of ketones is 1. The second-order valence-corrected chi connectivity index (χ2v) is 6.00. The molecule has 1 aliphatic rings. The number of hydrogen-bond acceptors (Lipinski definition) is 3. The average molecular weight is 229 g/mol. The van der Waals surface area contributed by atoms with Crippen LogP contribution in [-0.2, 0) is 4.79 Å². The van der Waals surface area contributed by atoms with Gasteiger partial charge in [-0.05, 0) is 33.2 Å². The van der Waals surface area contributed by atoms with Crippen molar-refractivity contribution < 1.29 is 4.79 Å². The molecule has 0 bridgehead atoms. The van der Waals surface area contributed by atoms with Crippen LogP contribution < -0.4 is 0 Å². The van der Waals surface area contributed by atoms with Crippen LogP contribution in [0.5, 0.6) is 0 Å². The summed E-state index contributed by atoms with van der Waals surface area (Å²) in [5, 5.41) is 0.756. The highest BCUT2D eigenvalue weighted by Crippen LogP contribution is 2.24. The molecule has 2 nitrogen and oxygen atoms in total. The smallest absolute Gasteiger partial charge is 0.129 e. The highest BCUT2D eigenvalue weighted by atomic mass is 32.2. The Labute approximate surface area is 97.8 Å². The summed E-state index contributed by atoms with van der Waals surface area (Å²) in [4.78, 5) is 13.4. The fourth-order valence-corrected chi connectivity index (χ4v) is 3.16. The molecule has 0 N–H and O–H groups in total. The molecule has 1 heterocycles. The molecule has 0 spiro atoms. The van der Waals surface area contributed by atoms with Crippen LogP contribution >= 0.6 is 11.8 Å². The molecule has 88 valence electrons. The predicted octanol–water partition coefficient (Wildman–Crippen LogP) is 2.57. The summed E-state index contributed by atoms with van der Waals surface area (Å²) in [7, 11) is 0. The molecule has 1 fully saturated rings. The molecule has 0 amide bonds. The standard InChI is InChI=1S/C12H23NOS/c1-10(14)6-4-5-7-13-8-9-15-12(3)11(13)2/h11-12H,4-9H2,1-3H3. The van der Waals surface area contributed by atoms with Crippen molar-refractivity contribution in [1.29, 1.82) is 0 Å². The van der Waals surface area contributed by atoms with E-state index in [1.54, 1.807) is 6.92 Å². The van der Waals surface area contributed by atoms with Gasteiger partial charge in [-0.1, -0.05) is 6.92 Å². The Morgan fingerprint density at radius 3 is 2.80 bits per heavy atom. The van der Waals surface area contributed by atoms with Gasteiger partial charge in [0.25, 0.3) is 0 Å². The molecule has 0 aromatic heterocycles. The zero-order valence-corrected chi connectivity index (χ0v) is 11.0. The Hall–Kier alpha value is -0.0200. The van der Waals surface area contributed by atoms with E-state index < -0.39 is 0 Å². The van der Waals surface area contributed by atoms with Gasteiger partial charge in [0.05, 0.1) is 0 Å². The number of carbonyl (C=O) groups excluding carboxylic acids is 1. The number of nitrogens with zero attached hydrogens (tertiary/aromatic N) is 1. The molecule has 1 saturated heterocycles. The molecule has 15 heavy (non-hydrogen) atoms. The van der Waals surface area contributed by atoms with E-state index in [0.717, 1.165) is 18.1 Å². The molecule has 0 radical (unpaired) electrons. The van der Waals surface area contributed by atoms with E-state index in [-0.39, 0.29) is 0 Å². The summed E-state index contributed by atoms with van der Waals surface area (Å²) in [6, 6.07) is 0.695. The lowest BCUT2D eigenvalue weighted by Crippen LogP contribution is -2.44. The summed E-state index contributed by atoms with van der Waals surface area (Å²) >= 11 is 2.08. The molecule has 1 aliphatic heterocycles. The predicted molar refractivity (Wildman–Crippen MR) is 67.5 cm³/mol. The fourth-order valence-electron chi connectivity index (χ4n) is 2.00. The fraction of sp³-hybridized carbons (Fsp3) is 0.917. The first kappa shape index (κ1) is 13.0. The lowest BCUT2D eigenvalue weighted by Gasteiger charge is -2.37. The Balaban J connectivity index is 2.17. The van der Waals surface area contributed by atoms with Gasteiger partial charge >= 0.3 is 0 Å². The van der Waals surface area contributed by atoms with Crippen LogP contribution in [0.4, 0.5) is 0 Å². The second kappa shape index (κ2) is 6.54. The third-order valence-electron chi connectivity index (χ3n) is 3.24. The molecule has 3 heteroatoms. The van der Waals surface area contributed by atoms with Crippen molar-refractivity contribution in [2.45, 2.75) is 51.3 Å². The van der Waals surface area contributed by atoms with Crippen LogP contribution in [0.25, 0.3) is 0 Å². The lowest BCUT2D eigenvalue weighted by molar-refractivity contribution is -0.117. The van der Waals surface area contributed by atoms with Crippen molar-refractivity contribution >= 4 is 17.5 Å². The first-order valence-electron chi connectivity index (χ1n) is 5.96. The zero-order chi connectivity index (χ0) is 11.3. The topological polar surface area (TPSA) is 20.3 Å². The summed E-state index contributed by atoms with van der Waals surface area (Å²) in [6.45, 7) is 8.71. The molecular formula is C12H23NOS. The monoisotopic (exact) mass is 229 g/mol. The minimum Gasteiger partial charge on any atom is -0.300 e. The van der Waals surface area contributed by atoms with E-state index in [1.807, 2.05) is 0 Å². The maximum absolute atomic E-state index is 10.8. The molecule has 1 rings (SSSR count). The molecule has 0 aromatic carbocycles. The molecule has 2 atom stereocenters. The van der Waals surface area contributed by atoms with Crippen molar-refractivity contribution in [2.24, 2.45) is 0 Å². The summed E-state index contributed by atoms with van der Waals surface area (Å²) in [5.41, 5.74) is 0. The van der Waals surface area contributed by atoms with E-state index in [1.165, 1.54) is 25.3 Å². The quantitative estimate of drug-likeness (QED) is 0.676. The number of Topliss-reactive ketones (excluding diaryl/α,β-unsaturated/α-hetero) is 1. The van der Waals surface area contributed by atoms with Crippen LogP contribution in [0, 0.1) is 0 Å². The minimum absolute atomic E-state index is 0.325. The van der Waals surface area contributed by atoms with Crippen molar-refractivity contribution in [3.8, 4) is 0 Å². The van der Waals surface area contributed by atoms with E-state index in [2.05, 4.69) is 30.5 Å². The molecular weight excluding hydrogens is 206 g/mol. The van der Waals surface area contributed by atoms with Crippen LogP contribution in [0.1, 0.15) is 40.0 Å². The van der Waals surface area contributed by atoms with Crippen molar-refractivity contribution in [1.82, 2.24) is 4.90 Å². The van der Waals surface area contributed by atoms with Gasteiger partial charge in [-0.2, -0.15) is 11.8 Å². The summed E-state index contributed by atoms with van der Waals surface area (Å²) in [6.07, 6.45) is 2.98. The summed E-state index contributed by atoms with van der Waals surface area (Å²) < 4.78 is 0. The SMILES string of the molecule is CC(=O)CCCCN1CCSC(C)C1C. The Bertz CT molecular complexity index is 208. The highest BCUT2D eigenvalue weighted by Gasteiger charge is 2.24. The van der Waals surface area contributed by atoms with Crippen LogP contribution in [0.2, 0.25) is 0 Å². The van der Waals surface area contributed by atoms with E-state index in [9.17, 15) is 4.79 Å². The minimum atomic E-state index is 0.325. The maximum Gasteiger partial charge on any atom is 0.129 e. The number of unbranched alkanes of at least 4 members (excludes halogenated alkanes) is 1. The third-order valence-corrected chi connectivity index (χ3v) is 4.58. The van der Waals surface area contributed by atoms with Gasteiger partial charge in [0.15, 0.2) is 0 Å². The lowest BCUT2D eigenvalue weighted by atomic mass is 10.1. The largest absolute Gasteiger partial charge is 0.300 e. The normalized spacial score (nSPS) is 27.9. The van der Waals surface area contributed by atoms with Crippen molar-refractivity contribution in [3.05, 3.63) is 0 Å². The molecule has 2 unspecified atom stereocenters. The Morgan fingerprint density at radius 2 is 2.13 bits per heavy atom. The number of thioether (sulfide) groups is 1. The first-order valence-corrected chi connectivity index (χ1v) is 7.01. The molecule has 0 aromatic rings. The average Bonchev–Trinajstić information content (AvgIpc) is 2.18. The van der Waals surface area contributed by atoms with E-state index in [0.29, 0.717) is 11.8 Å². The second-order valence-electron chi connectivity index (χ2n) is 4.51. The number of rotatable bonds is 5. The highest BCUT2D eigenvalue weighted by molar-refractivity contribution is 8.00. The molecule has 0 aliphatic carbocycles. The third kappa shape index (κ3) is 4.56. The van der Waals surface area contributed by atoms with Gasteiger partial charge in [0.1, 0.15) is 5.78 Å². The van der Waals surface area contributed by atoms with Gasteiger partial charge in [-0.3, -0.25) is 4.90 Å². The Kier molecular flexibility index (Phi) is 5.69. The van der Waals surface area contributed by atoms with Gasteiger partial charge in [-0.25, -0.2) is 0 Å². The van der Waals surface area contributed by atoms with E-state index >= 15 is 0 Å². The van der Waals surface area contributed by atoms with Crippen molar-refractivity contribution in [2.75, 3.05) is 18.8 Å². The summed E-state index contributed by atoms with van der Waals surface area (Å²) in [5.74, 6) is 1.59. The maximum atomic E-state index is 10.8. The van der Waals surface area contributed by atoms with Gasteiger partial charge in [0, 0.05) is 30.0 Å². The van der Waals surface area contributed by atoms with Gasteiger partial charge < -0.3 is 4.79 Å². The van der Waals surface area contributed by atoms with Gasteiger partial charge in [-0.15, -0.1) is 0 Å². The van der Waals surface area contributed by atoms with Crippen LogP contribution in [0.15, 0.2) is 0 Å². The van der Waals surface area contributed by atoms with Crippen LogP contribution in [0.3, 0.4) is 0 Å². The Morgan fingerprint density at radius 1 is 1.40 bits per heavy atom. The number of carbonyl (C=O) groups is 1. The van der Waals surface area contributed by atoms with Crippen LogP contribution in [-0.4, -0.2) is 40.8 Å². The van der Waals surface area contributed by atoms with Gasteiger partial charge in [0.2, 0.25) is 0 Å².